The molecule has 2 aromatic heterocycles. The van der Waals surface area contributed by atoms with Crippen LogP contribution in [0.4, 0.5) is 0 Å². The second-order valence-electron chi connectivity index (χ2n) is 7.64. The average molecular weight is 439 g/mol. The van der Waals surface area contributed by atoms with E-state index in [1.54, 1.807) is 16.0 Å². The van der Waals surface area contributed by atoms with Gasteiger partial charge < -0.3 is 16.0 Å². The van der Waals surface area contributed by atoms with E-state index in [9.17, 15) is 9.59 Å². The summed E-state index contributed by atoms with van der Waals surface area (Å²) >= 11 is 1.56. The van der Waals surface area contributed by atoms with Gasteiger partial charge in [-0.2, -0.15) is 0 Å². The quantitative estimate of drug-likeness (QED) is 0.525. The molecule has 8 nitrogen and oxygen atoms in total. The molecule has 2 amide bonds. The highest BCUT2D eigenvalue weighted by atomic mass is 32.1. The largest absolute Gasteiger partial charge is 0.369 e. The smallest absolute Gasteiger partial charge is 0.290 e. The maximum absolute atomic E-state index is 12.7. The first-order valence-electron chi connectivity index (χ1n) is 10.5. The number of nitrogens with one attached hydrogen (secondary N) is 1. The SMILES string of the molecule is NC(=O)C1CCCN(CCCNC(=O)c2nc(-c3cccs3)n(-c3ccccc3)n2)C1. The number of benzene rings is 1. The molecule has 0 saturated carbocycles. The molecule has 1 aromatic carbocycles. The number of nitrogens with two attached hydrogens (primary N) is 1. The van der Waals surface area contributed by atoms with E-state index < -0.39 is 0 Å². The van der Waals surface area contributed by atoms with Crippen molar-refractivity contribution >= 4 is 23.2 Å². The number of primary amides is 1. The number of para-hydroxylation sites is 1. The third-order valence-corrected chi connectivity index (χ3v) is 6.26. The Labute approximate surface area is 185 Å². The van der Waals surface area contributed by atoms with Gasteiger partial charge in [0.05, 0.1) is 16.5 Å². The second kappa shape index (κ2) is 9.84. The molecule has 31 heavy (non-hydrogen) atoms. The lowest BCUT2D eigenvalue weighted by atomic mass is 9.97. The van der Waals surface area contributed by atoms with Crippen molar-refractivity contribution in [1.29, 1.82) is 0 Å². The topological polar surface area (TPSA) is 106 Å². The summed E-state index contributed by atoms with van der Waals surface area (Å²) in [5.41, 5.74) is 6.30. The fraction of sp³-hybridized carbons (Fsp3) is 0.364. The van der Waals surface area contributed by atoms with Crippen LogP contribution in [0.25, 0.3) is 16.4 Å². The molecule has 0 bridgehead atoms. The number of rotatable bonds is 8. The number of carbonyl (C=O) groups excluding carboxylic acids is 2. The zero-order chi connectivity index (χ0) is 21.6. The third-order valence-electron chi connectivity index (χ3n) is 5.40. The summed E-state index contributed by atoms with van der Waals surface area (Å²) < 4.78 is 1.71. The summed E-state index contributed by atoms with van der Waals surface area (Å²) in [6.45, 7) is 3.00. The summed E-state index contributed by atoms with van der Waals surface area (Å²) in [5.74, 6) is 0.224. The van der Waals surface area contributed by atoms with Crippen LogP contribution in [-0.2, 0) is 4.79 Å². The molecule has 3 heterocycles. The Morgan fingerprint density at radius 2 is 2.03 bits per heavy atom. The number of thiophene rings is 1. The zero-order valence-electron chi connectivity index (χ0n) is 17.2. The van der Waals surface area contributed by atoms with Crippen LogP contribution in [-0.4, -0.2) is 57.7 Å². The predicted octanol–water partition coefficient (Wildman–Crippen LogP) is 2.31. The molecule has 1 saturated heterocycles. The molecule has 4 rings (SSSR count). The van der Waals surface area contributed by atoms with E-state index in [0.717, 1.165) is 42.9 Å². The summed E-state index contributed by atoms with van der Waals surface area (Å²) in [7, 11) is 0. The number of likely N-dealkylation sites (tertiary alicyclic amines) is 1. The van der Waals surface area contributed by atoms with E-state index in [4.69, 9.17) is 5.73 Å². The standard InChI is InChI=1S/C22H26N6O2S/c23-19(29)16-7-4-12-27(15-16)13-6-11-24-22(30)20-25-21(18-10-5-14-31-18)28(26-20)17-8-2-1-3-9-17/h1-3,5,8-10,14,16H,4,6-7,11-13,15H2,(H2,23,29)(H,24,30). The van der Waals surface area contributed by atoms with Crippen LogP contribution in [0.3, 0.4) is 0 Å². The summed E-state index contributed by atoms with van der Waals surface area (Å²) in [6.07, 6.45) is 2.63. The van der Waals surface area contributed by atoms with Gasteiger partial charge in [-0.25, -0.2) is 9.67 Å². The van der Waals surface area contributed by atoms with E-state index in [2.05, 4.69) is 20.3 Å². The van der Waals surface area contributed by atoms with E-state index in [-0.39, 0.29) is 23.6 Å². The number of aromatic nitrogens is 3. The number of hydrogen-bond acceptors (Lipinski definition) is 6. The summed E-state index contributed by atoms with van der Waals surface area (Å²) in [5, 5.41) is 9.36. The Kier molecular flexibility index (Phi) is 6.73. The molecule has 1 aliphatic heterocycles. The van der Waals surface area contributed by atoms with Crippen molar-refractivity contribution in [3.8, 4) is 16.4 Å². The lowest BCUT2D eigenvalue weighted by Gasteiger charge is -2.31. The normalized spacial score (nSPS) is 16.8. The first kappa shape index (κ1) is 21.2. The van der Waals surface area contributed by atoms with Crippen molar-refractivity contribution in [2.75, 3.05) is 26.2 Å². The molecule has 1 aliphatic rings. The van der Waals surface area contributed by atoms with Crippen molar-refractivity contribution < 1.29 is 9.59 Å². The molecule has 0 radical (unpaired) electrons. The van der Waals surface area contributed by atoms with Crippen molar-refractivity contribution in [3.05, 3.63) is 53.7 Å². The first-order chi connectivity index (χ1) is 15.1. The summed E-state index contributed by atoms with van der Waals surface area (Å²) in [6, 6.07) is 13.6. The summed E-state index contributed by atoms with van der Waals surface area (Å²) in [4.78, 5) is 31.8. The van der Waals surface area contributed by atoms with Crippen molar-refractivity contribution in [1.82, 2.24) is 25.0 Å². The predicted molar refractivity (Wildman–Crippen MR) is 120 cm³/mol. The van der Waals surface area contributed by atoms with Crippen LogP contribution in [0, 0.1) is 5.92 Å². The van der Waals surface area contributed by atoms with Crippen LogP contribution in [0.5, 0.6) is 0 Å². The second-order valence-corrected chi connectivity index (χ2v) is 8.58. The Balaban J connectivity index is 1.37. The van der Waals surface area contributed by atoms with E-state index in [1.165, 1.54) is 0 Å². The van der Waals surface area contributed by atoms with Crippen LogP contribution in [0.1, 0.15) is 29.9 Å². The molecule has 3 aromatic rings. The monoisotopic (exact) mass is 438 g/mol. The highest BCUT2D eigenvalue weighted by molar-refractivity contribution is 7.13. The van der Waals surface area contributed by atoms with Gasteiger partial charge in [0, 0.05) is 13.1 Å². The van der Waals surface area contributed by atoms with Gasteiger partial charge in [0.2, 0.25) is 11.7 Å². The molecule has 9 heteroatoms. The molecule has 1 unspecified atom stereocenters. The molecular formula is C22H26N6O2S. The fourth-order valence-corrected chi connectivity index (χ4v) is 4.50. The van der Waals surface area contributed by atoms with E-state index >= 15 is 0 Å². The molecule has 1 atom stereocenters. The molecule has 0 aliphatic carbocycles. The Morgan fingerprint density at radius 3 is 2.77 bits per heavy atom. The molecule has 162 valence electrons. The van der Waals surface area contributed by atoms with Gasteiger partial charge in [0.1, 0.15) is 0 Å². The molecule has 3 N–H and O–H groups in total. The van der Waals surface area contributed by atoms with Gasteiger partial charge in [-0.3, -0.25) is 9.59 Å². The van der Waals surface area contributed by atoms with Crippen molar-refractivity contribution in [2.24, 2.45) is 11.7 Å². The Bertz CT molecular complexity index is 1020. The highest BCUT2D eigenvalue weighted by Gasteiger charge is 2.23. The van der Waals surface area contributed by atoms with Gasteiger partial charge in [-0.05, 0) is 55.9 Å². The van der Waals surface area contributed by atoms with Gasteiger partial charge in [-0.15, -0.1) is 16.4 Å². The number of nitrogens with zero attached hydrogens (tertiary/aromatic N) is 4. The van der Waals surface area contributed by atoms with Gasteiger partial charge in [-0.1, -0.05) is 24.3 Å². The minimum atomic E-state index is -0.291. The minimum absolute atomic E-state index is 0.0647. The van der Waals surface area contributed by atoms with Gasteiger partial charge in [0.25, 0.3) is 5.91 Å². The molecular weight excluding hydrogens is 412 g/mol. The molecule has 1 fully saturated rings. The Hall–Kier alpha value is -3.04. The van der Waals surface area contributed by atoms with Crippen molar-refractivity contribution in [2.45, 2.75) is 19.3 Å². The van der Waals surface area contributed by atoms with Crippen LogP contribution in [0.15, 0.2) is 47.8 Å². The molecule has 0 spiro atoms. The maximum Gasteiger partial charge on any atom is 0.290 e. The number of amides is 2. The van der Waals surface area contributed by atoms with E-state index in [0.29, 0.717) is 18.9 Å². The fourth-order valence-electron chi connectivity index (χ4n) is 3.80. The van der Waals surface area contributed by atoms with E-state index in [1.807, 2.05) is 47.8 Å². The Morgan fingerprint density at radius 1 is 1.19 bits per heavy atom. The number of carbonyl (C=O) groups is 2. The minimum Gasteiger partial charge on any atom is -0.369 e. The highest BCUT2D eigenvalue weighted by Crippen LogP contribution is 2.25. The first-order valence-corrected chi connectivity index (χ1v) is 11.4. The van der Waals surface area contributed by atoms with Crippen LogP contribution >= 0.6 is 11.3 Å². The number of hydrogen-bond donors (Lipinski definition) is 2. The number of piperidine rings is 1. The van der Waals surface area contributed by atoms with Gasteiger partial charge >= 0.3 is 0 Å². The van der Waals surface area contributed by atoms with Gasteiger partial charge in [0.15, 0.2) is 5.82 Å². The lowest BCUT2D eigenvalue weighted by molar-refractivity contribution is -0.123. The lowest BCUT2D eigenvalue weighted by Crippen LogP contribution is -2.42. The van der Waals surface area contributed by atoms with Crippen LogP contribution < -0.4 is 11.1 Å². The third kappa shape index (κ3) is 5.18. The maximum atomic E-state index is 12.7. The van der Waals surface area contributed by atoms with Crippen molar-refractivity contribution in [3.63, 3.8) is 0 Å². The zero-order valence-corrected chi connectivity index (χ0v) is 18.1. The average Bonchev–Trinajstić information content (AvgIpc) is 3.47. The van der Waals surface area contributed by atoms with Crippen LogP contribution in [0.2, 0.25) is 0 Å².